The summed E-state index contributed by atoms with van der Waals surface area (Å²) < 4.78 is 10.5. The van der Waals surface area contributed by atoms with E-state index in [4.69, 9.17) is 19.7 Å². The van der Waals surface area contributed by atoms with Gasteiger partial charge in [-0.2, -0.15) is 0 Å². The highest BCUT2D eigenvalue weighted by molar-refractivity contribution is 5.93. The van der Waals surface area contributed by atoms with Crippen molar-refractivity contribution in [2.45, 2.75) is 39.9 Å². The van der Waals surface area contributed by atoms with E-state index < -0.39 is 23.8 Å². The summed E-state index contributed by atoms with van der Waals surface area (Å²) in [5, 5.41) is 17.6. The second kappa shape index (κ2) is 8.88. The molecule has 106 valence electrons. The molecule has 0 aliphatic heterocycles. The Hall–Kier alpha value is -1.14. The van der Waals surface area contributed by atoms with E-state index in [-0.39, 0.29) is 6.29 Å². The predicted molar refractivity (Wildman–Crippen MR) is 64.2 cm³/mol. The normalized spacial score (nSPS) is 14.4. The molecule has 0 bridgehead atoms. The lowest BCUT2D eigenvalue weighted by molar-refractivity contribution is -0.157. The van der Waals surface area contributed by atoms with Crippen LogP contribution in [0.2, 0.25) is 0 Å². The molecule has 2 unspecified atom stereocenters. The Kier molecular flexibility index (Phi) is 8.32. The van der Waals surface area contributed by atoms with E-state index in [0.717, 1.165) is 0 Å². The topological polar surface area (TPSA) is 93.1 Å². The van der Waals surface area contributed by atoms with Gasteiger partial charge in [-0.05, 0) is 32.6 Å². The molecule has 0 aromatic heterocycles. The number of hydrogen-bond acceptors (Lipinski definition) is 4. The quantitative estimate of drug-likeness (QED) is 0.353. The summed E-state index contributed by atoms with van der Waals surface area (Å²) in [4.78, 5) is 21.6. The van der Waals surface area contributed by atoms with Gasteiger partial charge in [-0.3, -0.25) is 9.59 Å². The molecule has 0 heterocycles. The summed E-state index contributed by atoms with van der Waals surface area (Å²) in [5.74, 6) is -4.36. The van der Waals surface area contributed by atoms with Gasteiger partial charge in [0.1, 0.15) is 0 Å². The fraction of sp³-hybridized carbons (Fsp3) is 0.833. The van der Waals surface area contributed by atoms with Gasteiger partial charge in [0.05, 0.1) is 0 Å². The molecule has 0 saturated carbocycles. The zero-order valence-electron chi connectivity index (χ0n) is 11.1. The highest BCUT2D eigenvalue weighted by atomic mass is 16.7. The fourth-order valence-electron chi connectivity index (χ4n) is 1.70. The zero-order valence-corrected chi connectivity index (χ0v) is 11.1. The average molecular weight is 262 g/mol. The lowest BCUT2D eigenvalue weighted by atomic mass is 9.90. The highest BCUT2D eigenvalue weighted by Gasteiger charge is 2.31. The SMILES string of the molecule is CCOC(C)OCCCC(C)C(C(=O)O)C(=O)O. The monoisotopic (exact) mass is 262 g/mol. The molecule has 2 N–H and O–H groups in total. The number of carbonyl (C=O) groups is 2. The third-order valence-electron chi connectivity index (χ3n) is 2.66. The van der Waals surface area contributed by atoms with Gasteiger partial charge < -0.3 is 19.7 Å². The van der Waals surface area contributed by atoms with Crippen LogP contribution in [0, 0.1) is 11.8 Å². The third-order valence-corrected chi connectivity index (χ3v) is 2.66. The van der Waals surface area contributed by atoms with Gasteiger partial charge in [0, 0.05) is 13.2 Å². The predicted octanol–water partition coefficient (Wildman–Crippen LogP) is 1.59. The van der Waals surface area contributed by atoms with Crippen LogP contribution in [0.25, 0.3) is 0 Å². The molecule has 0 radical (unpaired) electrons. The van der Waals surface area contributed by atoms with Gasteiger partial charge in [-0.25, -0.2) is 0 Å². The number of aliphatic carboxylic acids is 2. The number of rotatable bonds is 10. The van der Waals surface area contributed by atoms with Crippen LogP contribution < -0.4 is 0 Å². The standard InChI is InChI=1S/C12H22O6/c1-4-17-9(3)18-7-5-6-8(2)10(11(13)14)12(15)16/h8-10H,4-7H2,1-3H3,(H,13,14)(H,15,16). The Morgan fingerprint density at radius 2 is 1.67 bits per heavy atom. The van der Waals surface area contributed by atoms with Gasteiger partial charge in [0.2, 0.25) is 0 Å². The van der Waals surface area contributed by atoms with Crippen molar-refractivity contribution in [2.24, 2.45) is 11.8 Å². The molecule has 18 heavy (non-hydrogen) atoms. The van der Waals surface area contributed by atoms with E-state index >= 15 is 0 Å². The molecule has 0 aromatic carbocycles. The van der Waals surface area contributed by atoms with Gasteiger partial charge in [0.25, 0.3) is 0 Å². The van der Waals surface area contributed by atoms with Crippen LogP contribution in [-0.2, 0) is 19.1 Å². The number of ether oxygens (including phenoxy) is 2. The summed E-state index contributed by atoms with van der Waals surface area (Å²) in [6.07, 6.45) is 0.803. The molecule has 0 fully saturated rings. The maximum Gasteiger partial charge on any atom is 0.318 e. The first-order chi connectivity index (χ1) is 8.40. The van der Waals surface area contributed by atoms with Crippen molar-refractivity contribution in [3.05, 3.63) is 0 Å². The summed E-state index contributed by atoms with van der Waals surface area (Å²) in [6.45, 7) is 6.27. The molecule has 6 heteroatoms. The smallest absolute Gasteiger partial charge is 0.318 e. The minimum Gasteiger partial charge on any atom is -0.481 e. The van der Waals surface area contributed by atoms with E-state index in [0.29, 0.717) is 26.1 Å². The van der Waals surface area contributed by atoms with Crippen molar-refractivity contribution in [1.82, 2.24) is 0 Å². The zero-order chi connectivity index (χ0) is 14.1. The second-order valence-corrected chi connectivity index (χ2v) is 4.17. The van der Waals surface area contributed by atoms with E-state index in [9.17, 15) is 9.59 Å². The van der Waals surface area contributed by atoms with E-state index in [1.54, 1.807) is 13.8 Å². The fourth-order valence-corrected chi connectivity index (χ4v) is 1.70. The molecule has 0 aliphatic carbocycles. The summed E-state index contributed by atoms with van der Waals surface area (Å²) in [6, 6.07) is 0. The molecule has 0 saturated heterocycles. The van der Waals surface area contributed by atoms with E-state index in [2.05, 4.69) is 0 Å². The average Bonchev–Trinajstić information content (AvgIpc) is 2.23. The lowest BCUT2D eigenvalue weighted by Gasteiger charge is -2.17. The van der Waals surface area contributed by atoms with Crippen LogP contribution in [-0.4, -0.2) is 41.7 Å². The first-order valence-electron chi connectivity index (χ1n) is 6.08. The van der Waals surface area contributed by atoms with E-state index in [1.165, 1.54) is 0 Å². The molecular formula is C12H22O6. The Morgan fingerprint density at radius 3 is 2.11 bits per heavy atom. The molecule has 0 aromatic rings. The lowest BCUT2D eigenvalue weighted by Crippen LogP contribution is -2.30. The van der Waals surface area contributed by atoms with Crippen molar-refractivity contribution in [1.29, 1.82) is 0 Å². The van der Waals surface area contributed by atoms with Crippen molar-refractivity contribution < 1.29 is 29.3 Å². The first-order valence-corrected chi connectivity index (χ1v) is 6.08. The van der Waals surface area contributed by atoms with Crippen LogP contribution in [0.1, 0.15) is 33.6 Å². The van der Waals surface area contributed by atoms with Gasteiger partial charge in [0.15, 0.2) is 12.2 Å². The minimum absolute atomic E-state index is 0.292. The van der Waals surface area contributed by atoms with Gasteiger partial charge in [-0.15, -0.1) is 0 Å². The third kappa shape index (κ3) is 6.56. The Labute approximate surface area is 107 Å². The summed E-state index contributed by atoms with van der Waals surface area (Å²) in [7, 11) is 0. The van der Waals surface area contributed by atoms with Crippen LogP contribution in [0.3, 0.4) is 0 Å². The van der Waals surface area contributed by atoms with Gasteiger partial charge >= 0.3 is 11.9 Å². The number of carboxylic acid groups (broad SMARTS) is 2. The Balaban J connectivity index is 3.91. The largest absolute Gasteiger partial charge is 0.481 e. The molecule has 2 atom stereocenters. The Morgan fingerprint density at radius 1 is 1.11 bits per heavy atom. The summed E-state index contributed by atoms with van der Waals surface area (Å²) in [5.41, 5.74) is 0. The van der Waals surface area contributed by atoms with E-state index in [1.807, 2.05) is 6.92 Å². The van der Waals surface area contributed by atoms with Crippen LogP contribution in [0.4, 0.5) is 0 Å². The molecule has 0 rings (SSSR count). The number of hydrogen-bond donors (Lipinski definition) is 2. The van der Waals surface area contributed by atoms with Crippen molar-refractivity contribution >= 4 is 11.9 Å². The van der Waals surface area contributed by atoms with Crippen molar-refractivity contribution in [2.75, 3.05) is 13.2 Å². The van der Waals surface area contributed by atoms with Crippen LogP contribution in [0.15, 0.2) is 0 Å². The summed E-state index contributed by atoms with van der Waals surface area (Å²) >= 11 is 0. The molecule has 0 amide bonds. The van der Waals surface area contributed by atoms with Crippen LogP contribution >= 0.6 is 0 Å². The number of carboxylic acids is 2. The molecular weight excluding hydrogens is 240 g/mol. The molecule has 0 spiro atoms. The second-order valence-electron chi connectivity index (χ2n) is 4.17. The maximum atomic E-state index is 10.8. The highest BCUT2D eigenvalue weighted by Crippen LogP contribution is 2.18. The minimum atomic E-state index is -1.35. The van der Waals surface area contributed by atoms with Crippen molar-refractivity contribution in [3.8, 4) is 0 Å². The van der Waals surface area contributed by atoms with Crippen LogP contribution in [0.5, 0.6) is 0 Å². The van der Waals surface area contributed by atoms with Crippen molar-refractivity contribution in [3.63, 3.8) is 0 Å². The Bertz CT molecular complexity index is 251. The molecule has 0 aliphatic rings. The maximum absolute atomic E-state index is 10.8. The molecule has 6 nitrogen and oxygen atoms in total. The van der Waals surface area contributed by atoms with Gasteiger partial charge in [-0.1, -0.05) is 6.92 Å². The first kappa shape index (κ1) is 16.9.